The van der Waals surface area contributed by atoms with E-state index in [1.165, 1.54) is 35.4 Å². The molecule has 0 heterocycles. The molecule has 24 heavy (non-hydrogen) atoms. The molecule has 0 aromatic heterocycles. The van der Waals surface area contributed by atoms with Crippen molar-refractivity contribution in [2.45, 2.75) is 13.3 Å². The van der Waals surface area contributed by atoms with Crippen LogP contribution in [-0.4, -0.2) is 31.3 Å². The molecule has 1 amide bonds. The highest BCUT2D eigenvalue weighted by Crippen LogP contribution is 2.07. The Labute approximate surface area is 140 Å². The van der Waals surface area contributed by atoms with E-state index in [0.717, 1.165) is 6.42 Å². The smallest absolute Gasteiger partial charge is 0.338 e. The standard InChI is InChI=1S/C19H19NO4/c1-14-4-2-3-5-16(14)10-11-20-18(22)13-24-19(23)17-8-6-15(12-21)7-9-17/h2-9,12H,10-11,13H2,1H3,(H,20,22). The number of aryl methyl sites for hydroxylation is 1. The van der Waals surface area contributed by atoms with Crippen molar-refractivity contribution in [1.29, 1.82) is 0 Å². The number of esters is 1. The Morgan fingerprint density at radius 3 is 2.46 bits per heavy atom. The van der Waals surface area contributed by atoms with Gasteiger partial charge in [0.15, 0.2) is 6.61 Å². The fourth-order valence-electron chi connectivity index (χ4n) is 2.19. The van der Waals surface area contributed by atoms with E-state index in [9.17, 15) is 14.4 Å². The van der Waals surface area contributed by atoms with Gasteiger partial charge in [0, 0.05) is 12.1 Å². The Morgan fingerprint density at radius 1 is 1.08 bits per heavy atom. The first-order chi connectivity index (χ1) is 11.6. The lowest BCUT2D eigenvalue weighted by atomic mass is 10.1. The van der Waals surface area contributed by atoms with Crippen LogP contribution in [0.25, 0.3) is 0 Å². The molecule has 0 spiro atoms. The molecule has 0 unspecified atom stereocenters. The van der Waals surface area contributed by atoms with Gasteiger partial charge in [0.25, 0.3) is 5.91 Å². The van der Waals surface area contributed by atoms with Crippen molar-refractivity contribution in [2.24, 2.45) is 0 Å². The van der Waals surface area contributed by atoms with E-state index in [1.54, 1.807) is 0 Å². The first-order valence-electron chi connectivity index (χ1n) is 7.63. The van der Waals surface area contributed by atoms with Crippen molar-refractivity contribution in [2.75, 3.05) is 13.2 Å². The first-order valence-corrected chi connectivity index (χ1v) is 7.63. The highest BCUT2D eigenvalue weighted by molar-refractivity contribution is 5.92. The van der Waals surface area contributed by atoms with Crippen LogP contribution in [0.5, 0.6) is 0 Å². The third kappa shape index (κ3) is 5.05. The Balaban J connectivity index is 1.73. The summed E-state index contributed by atoms with van der Waals surface area (Å²) in [7, 11) is 0. The van der Waals surface area contributed by atoms with E-state index < -0.39 is 5.97 Å². The van der Waals surface area contributed by atoms with Gasteiger partial charge in [-0.2, -0.15) is 0 Å². The van der Waals surface area contributed by atoms with Crippen molar-refractivity contribution in [3.8, 4) is 0 Å². The molecule has 5 heteroatoms. The van der Waals surface area contributed by atoms with Gasteiger partial charge in [0.1, 0.15) is 6.29 Å². The molecule has 2 aromatic carbocycles. The second kappa shape index (κ2) is 8.62. The molecule has 0 saturated heterocycles. The molecular weight excluding hydrogens is 306 g/mol. The third-order valence-electron chi connectivity index (χ3n) is 3.59. The molecule has 0 aliphatic carbocycles. The van der Waals surface area contributed by atoms with Gasteiger partial charge in [0.05, 0.1) is 5.56 Å². The highest BCUT2D eigenvalue weighted by Gasteiger charge is 2.10. The maximum atomic E-state index is 11.8. The maximum Gasteiger partial charge on any atom is 0.338 e. The lowest BCUT2D eigenvalue weighted by Crippen LogP contribution is -2.30. The summed E-state index contributed by atoms with van der Waals surface area (Å²) in [5, 5.41) is 2.72. The number of hydrogen-bond donors (Lipinski definition) is 1. The minimum Gasteiger partial charge on any atom is -0.452 e. The summed E-state index contributed by atoms with van der Waals surface area (Å²) in [6.45, 7) is 2.17. The molecule has 5 nitrogen and oxygen atoms in total. The highest BCUT2D eigenvalue weighted by atomic mass is 16.5. The van der Waals surface area contributed by atoms with E-state index in [2.05, 4.69) is 5.32 Å². The van der Waals surface area contributed by atoms with Crippen LogP contribution < -0.4 is 5.32 Å². The van der Waals surface area contributed by atoms with Crippen LogP contribution in [0.15, 0.2) is 48.5 Å². The normalized spacial score (nSPS) is 10.0. The van der Waals surface area contributed by atoms with Crippen LogP contribution in [0.3, 0.4) is 0 Å². The van der Waals surface area contributed by atoms with Gasteiger partial charge in [-0.25, -0.2) is 4.79 Å². The molecule has 0 aliphatic rings. The number of benzene rings is 2. The van der Waals surface area contributed by atoms with E-state index in [-0.39, 0.29) is 12.5 Å². The number of amides is 1. The van der Waals surface area contributed by atoms with Crippen molar-refractivity contribution >= 4 is 18.2 Å². The van der Waals surface area contributed by atoms with Crippen LogP contribution in [0.1, 0.15) is 31.8 Å². The number of hydrogen-bond acceptors (Lipinski definition) is 4. The van der Waals surface area contributed by atoms with Crippen LogP contribution in [0.4, 0.5) is 0 Å². The Morgan fingerprint density at radius 2 is 1.79 bits per heavy atom. The van der Waals surface area contributed by atoms with Gasteiger partial charge in [0.2, 0.25) is 0 Å². The molecule has 124 valence electrons. The summed E-state index contributed by atoms with van der Waals surface area (Å²) >= 11 is 0. The van der Waals surface area contributed by atoms with Gasteiger partial charge in [-0.3, -0.25) is 9.59 Å². The lowest BCUT2D eigenvalue weighted by molar-refractivity contribution is -0.124. The summed E-state index contributed by atoms with van der Waals surface area (Å²) < 4.78 is 4.95. The summed E-state index contributed by atoms with van der Waals surface area (Å²) in [4.78, 5) is 34.1. The van der Waals surface area contributed by atoms with E-state index >= 15 is 0 Å². The van der Waals surface area contributed by atoms with E-state index in [1.807, 2.05) is 31.2 Å². The maximum absolute atomic E-state index is 11.8. The summed E-state index contributed by atoms with van der Waals surface area (Å²) in [5.74, 6) is -0.942. The third-order valence-corrected chi connectivity index (χ3v) is 3.59. The van der Waals surface area contributed by atoms with Crippen LogP contribution in [-0.2, 0) is 16.0 Å². The van der Waals surface area contributed by atoms with E-state index in [0.29, 0.717) is 24.0 Å². The molecule has 0 fully saturated rings. The molecule has 0 saturated carbocycles. The lowest BCUT2D eigenvalue weighted by Gasteiger charge is -2.08. The van der Waals surface area contributed by atoms with Crippen molar-refractivity contribution < 1.29 is 19.1 Å². The quantitative estimate of drug-likeness (QED) is 0.626. The summed E-state index contributed by atoms with van der Waals surface area (Å²) in [6, 6.07) is 14.0. The average molecular weight is 325 g/mol. The average Bonchev–Trinajstić information content (AvgIpc) is 2.61. The van der Waals surface area contributed by atoms with E-state index in [4.69, 9.17) is 4.74 Å². The van der Waals surface area contributed by atoms with Crippen LogP contribution in [0, 0.1) is 6.92 Å². The predicted octanol–water partition coefficient (Wildman–Crippen LogP) is 2.32. The van der Waals surface area contributed by atoms with Crippen molar-refractivity contribution in [3.63, 3.8) is 0 Å². The zero-order valence-corrected chi connectivity index (χ0v) is 13.5. The predicted molar refractivity (Wildman–Crippen MR) is 90.0 cm³/mol. The summed E-state index contributed by atoms with van der Waals surface area (Å²) in [6.07, 6.45) is 1.41. The van der Waals surface area contributed by atoms with Crippen molar-refractivity contribution in [3.05, 3.63) is 70.8 Å². The minimum atomic E-state index is -0.596. The molecule has 1 N–H and O–H groups in total. The topological polar surface area (TPSA) is 72.5 Å². The molecule has 0 bridgehead atoms. The number of ether oxygens (including phenoxy) is 1. The Kier molecular flexibility index (Phi) is 6.25. The fourth-order valence-corrected chi connectivity index (χ4v) is 2.19. The molecule has 2 rings (SSSR count). The minimum absolute atomic E-state index is 0.299. The molecule has 0 atom stereocenters. The molecule has 0 radical (unpaired) electrons. The number of carbonyl (C=O) groups is 3. The Bertz CT molecular complexity index is 722. The number of rotatable bonds is 7. The second-order valence-electron chi connectivity index (χ2n) is 5.34. The monoisotopic (exact) mass is 325 g/mol. The first kappa shape index (κ1) is 17.4. The number of nitrogens with one attached hydrogen (secondary N) is 1. The molecular formula is C19H19NO4. The zero-order valence-electron chi connectivity index (χ0n) is 13.5. The molecule has 0 aliphatic heterocycles. The fraction of sp³-hybridized carbons (Fsp3) is 0.211. The Hall–Kier alpha value is -2.95. The summed E-state index contributed by atoms with van der Waals surface area (Å²) in [5.41, 5.74) is 3.12. The van der Waals surface area contributed by atoms with Crippen LogP contribution in [0.2, 0.25) is 0 Å². The number of carbonyl (C=O) groups excluding carboxylic acids is 3. The zero-order chi connectivity index (χ0) is 17.4. The van der Waals surface area contributed by atoms with Gasteiger partial charge >= 0.3 is 5.97 Å². The second-order valence-corrected chi connectivity index (χ2v) is 5.34. The van der Waals surface area contributed by atoms with Gasteiger partial charge in [-0.15, -0.1) is 0 Å². The molecule has 2 aromatic rings. The largest absolute Gasteiger partial charge is 0.452 e. The van der Waals surface area contributed by atoms with Crippen molar-refractivity contribution in [1.82, 2.24) is 5.32 Å². The SMILES string of the molecule is Cc1ccccc1CCNC(=O)COC(=O)c1ccc(C=O)cc1. The van der Waals surface area contributed by atoms with Crippen LogP contribution >= 0.6 is 0 Å². The van der Waals surface area contributed by atoms with Gasteiger partial charge in [-0.1, -0.05) is 36.4 Å². The van der Waals surface area contributed by atoms with Gasteiger partial charge in [-0.05, 0) is 36.6 Å². The number of aldehydes is 1. The van der Waals surface area contributed by atoms with Gasteiger partial charge < -0.3 is 10.1 Å².